The first-order valence-corrected chi connectivity index (χ1v) is 8.21. The van der Waals surface area contributed by atoms with Gasteiger partial charge < -0.3 is 10.6 Å². The summed E-state index contributed by atoms with van der Waals surface area (Å²) in [4.78, 5) is 13.5. The molecule has 0 unspecified atom stereocenters. The van der Waals surface area contributed by atoms with Crippen LogP contribution in [0.5, 0.6) is 0 Å². The molecule has 5 nitrogen and oxygen atoms in total. The van der Waals surface area contributed by atoms with Gasteiger partial charge in [0, 0.05) is 43.9 Å². The molecule has 0 radical (unpaired) electrons. The van der Waals surface area contributed by atoms with Gasteiger partial charge in [0.25, 0.3) is 5.91 Å². The number of benzene rings is 1. The van der Waals surface area contributed by atoms with E-state index >= 15 is 0 Å². The smallest absolute Gasteiger partial charge is 0.253 e. The lowest BCUT2D eigenvalue weighted by atomic mass is 10.0. The van der Waals surface area contributed by atoms with Crippen molar-refractivity contribution in [2.24, 2.45) is 5.73 Å². The van der Waals surface area contributed by atoms with Gasteiger partial charge in [0.2, 0.25) is 0 Å². The van der Waals surface area contributed by atoms with E-state index in [2.05, 4.69) is 5.10 Å². The van der Waals surface area contributed by atoms with E-state index in [-0.39, 0.29) is 24.8 Å². The molecule has 0 saturated heterocycles. The molecule has 134 valence electrons. The maximum atomic E-state index is 13.7. The summed E-state index contributed by atoms with van der Waals surface area (Å²) in [6, 6.07) is 7.55. The van der Waals surface area contributed by atoms with Crippen LogP contribution in [-0.4, -0.2) is 41.2 Å². The summed E-state index contributed by atoms with van der Waals surface area (Å²) >= 11 is 0. The molecule has 25 heavy (non-hydrogen) atoms. The molecule has 1 amide bonds. The molecule has 0 aliphatic rings. The molecule has 0 aliphatic carbocycles. The highest BCUT2D eigenvalue weighted by atomic mass is 19.1. The van der Waals surface area contributed by atoms with Gasteiger partial charge in [-0.25, -0.2) is 4.39 Å². The second-order valence-corrected chi connectivity index (χ2v) is 6.27. The van der Waals surface area contributed by atoms with Crippen LogP contribution >= 0.6 is 0 Å². The largest absolute Gasteiger partial charge is 0.345 e. The molecule has 2 rings (SSSR count). The molecule has 2 aromatic rings. The number of nitrogens with two attached hydrogens (primary N) is 1. The molecule has 2 N–H and O–H groups in total. The van der Waals surface area contributed by atoms with Crippen molar-refractivity contribution in [3.05, 3.63) is 64.2 Å². The zero-order chi connectivity index (χ0) is 18.6. The van der Waals surface area contributed by atoms with Crippen molar-refractivity contribution in [1.29, 1.82) is 0 Å². The monoisotopic (exact) mass is 344 g/mol. The maximum absolute atomic E-state index is 13.7. The Bertz CT molecular complexity index is 775. The van der Waals surface area contributed by atoms with E-state index in [9.17, 15) is 9.18 Å². The highest BCUT2D eigenvalue weighted by Gasteiger charge is 2.14. The Morgan fingerprint density at radius 2 is 1.92 bits per heavy atom. The number of amides is 1. The van der Waals surface area contributed by atoms with Gasteiger partial charge in [0.05, 0.1) is 12.2 Å². The highest BCUT2D eigenvalue weighted by molar-refractivity contribution is 5.93. The SMILES string of the molecule is Cc1nn(CC(F)=CCN)c(C)c1Cc1ccc(C(=O)N(C)C)cc1. The van der Waals surface area contributed by atoms with Crippen LogP contribution in [0.15, 0.2) is 36.2 Å². The van der Waals surface area contributed by atoms with E-state index in [0.717, 1.165) is 22.5 Å². The van der Waals surface area contributed by atoms with Gasteiger partial charge in [-0.05, 0) is 37.6 Å². The fraction of sp³-hybridized carbons (Fsp3) is 0.368. The Labute approximate surface area is 147 Å². The lowest BCUT2D eigenvalue weighted by Crippen LogP contribution is -2.21. The van der Waals surface area contributed by atoms with Crippen LogP contribution < -0.4 is 5.73 Å². The number of halogens is 1. The Morgan fingerprint density at radius 1 is 1.28 bits per heavy atom. The number of allylic oxidation sites excluding steroid dienone is 1. The van der Waals surface area contributed by atoms with Crippen LogP contribution in [0.2, 0.25) is 0 Å². The summed E-state index contributed by atoms with van der Waals surface area (Å²) < 4.78 is 15.4. The molecule has 1 heterocycles. The van der Waals surface area contributed by atoms with Crippen LogP contribution in [0.1, 0.15) is 32.9 Å². The minimum Gasteiger partial charge on any atom is -0.345 e. The van der Waals surface area contributed by atoms with Crippen LogP contribution in [-0.2, 0) is 13.0 Å². The predicted molar refractivity (Wildman–Crippen MR) is 97.2 cm³/mol. The van der Waals surface area contributed by atoms with Gasteiger partial charge in [-0.1, -0.05) is 12.1 Å². The Hall–Kier alpha value is -2.47. The summed E-state index contributed by atoms with van der Waals surface area (Å²) in [6.07, 6.45) is 2.05. The number of carbonyl (C=O) groups excluding carboxylic acids is 1. The van der Waals surface area contributed by atoms with E-state index in [1.807, 2.05) is 38.1 Å². The van der Waals surface area contributed by atoms with Crippen molar-refractivity contribution in [2.75, 3.05) is 20.6 Å². The van der Waals surface area contributed by atoms with Gasteiger partial charge in [0.1, 0.15) is 5.83 Å². The van der Waals surface area contributed by atoms with E-state index in [4.69, 9.17) is 5.73 Å². The molecule has 0 bridgehead atoms. The van der Waals surface area contributed by atoms with Crippen molar-refractivity contribution in [3.63, 3.8) is 0 Å². The minimum atomic E-state index is -0.286. The summed E-state index contributed by atoms with van der Waals surface area (Å²) in [7, 11) is 3.46. The Morgan fingerprint density at radius 3 is 2.48 bits per heavy atom. The quantitative estimate of drug-likeness (QED) is 0.876. The molecule has 0 spiro atoms. The molecule has 1 aromatic heterocycles. The Balaban J connectivity index is 2.19. The Kier molecular flexibility index (Phi) is 6.09. The highest BCUT2D eigenvalue weighted by Crippen LogP contribution is 2.19. The molecule has 0 saturated carbocycles. The topological polar surface area (TPSA) is 64.2 Å². The van der Waals surface area contributed by atoms with E-state index < -0.39 is 0 Å². The molecule has 0 atom stereocenters. The summed E-state index contributed by atoms with van der Waals surface area (Å²) in [5.74, 6) is -0.305. The van der Waals surface area contributed by atoms with Crippen LogP contribution in [0.3, 0.4) is 0 Å². The number of nitrogens with zero attached hydrogens (tertiary/aromatic N) is 3. The summed E-state index contributed by atoms with van der Waals surface area (Å²) in [5, 5.41) is 4.43. The van der Waals surface area contributed by atoms with Crippen LogP contribution in [0.25, 0.3) is 0 Å². The van der Waals surface area contributed by atoms with Crippen molar-refractivity contribution in [3.8, 4) is 0 Å². The number of carbonyl (C=O) groups is 1. The average Bonchev–Trinajstić information content (AvgIpc) is 2.82. The fourth-order valence-corrected chi connectivity index (χ4v) is 2.71. The normalized spacial score (nSPS) is 11.7. The summed E-state index contributed by atoms with van der Waals surface area (Å²) in [5.41, 5.74) is 9.97. The standard InChI is InChI=1S/C19H25FN4O/c1-13-18(14(2)24(22-13)12-17(20)9-10-21)11-15-5-7-16(8-6-15)19(25)23(3)4/h5-9H,10-12,21H2,1-4H3. The number of hydrogen-bond acceptors (Lipinski definition) is 3. The van der Waals surface area contributed by atoms with Crippen LogP contribution in [0, 0.1) is 13.8 Å². The van der Waals surface area contributed by atoms with Gasteiger partial charge in [-0.3, -0.25) is 9.48 Å². The number of aromatic nitrogens is 2. The molecule has 0 aliphatic heterocycles. The fourth-order valence-electron chi connectivity index (χ4n) is 2.71. The van der Waals surface area contributed by atoms with Gasteiger partial charge in [-0.15, -0.1) is 0 Å². The van der Waals surface area contributed by atoms with Crippen molar-refractivity contribution in [1.82, 2.24) is 14.7 Å². The molecular weight excluding hydrogens is 319 g/mol. The third kappa shape index (κ3) is 4.54. The number of hydrogen-bond donors (Lipinski definition) is 1. The van der Waals surface area contributed by atoms with Crippen molar-refractivity contribution >= 4 is 5.91 Å². The zero-order valence-corrected chi connectivity index (χ0v) is 15.2. The predicted octanol–water partition coefficient (Wildman–Crippen LogP) is 2.60. The van der Waals surface area contributed by atoms with E-state index in [1.165, 1.54) is 6.08 Å². The second-order valence-electron chi connectivity index (χ2n) is 6.27. The van der Waals surface area contributed by atoms with Gasteiger partial charge in [0.15, 0.2) is 0 Å². The van der Waals surface area contributed by atoms with Crippen molar-refractivity contribution < 1.29 is 9.18 Å². The second kappa shape index (κ2) is 8.07. The third-order valence-corrected chi connectivity index (χ3v) is 4.16. The molecule has 0 fully saturated rings. The zero-order valence-electron chi connectivity index (χ0n) is 15.2. The lowest BCUT2D eigenvalue weighted by molar-refractivity contribution is 0.0827. The summed E-state index contributed by atoms with van der Waals surface area (Å²) in [6.45, 7) is 4.14. The first-order chi connectivity index (χ1) is 11.8. The molecule has 6 heteroatoms. The molecule has 1 aromatic carbocycles. The van der Waals surface area contributed by atoms with Crippen molar-refractivity contribution in [2.45, 2.75) is 26.8 Å². The van der Waals surface area contributed by atoms with Gasteiger partial charge >= 0.3 is 0 Å². The third-order valence-electron chi connectivity index (χ3n) is 4.16. The first kappa shape index (κ1) is 18.9. The lowest BCUT2D eigenvalue weighted by Gasteiger charge is -2.10. The number of aryl methyl sites for hydroxylation is 1. The van der Waals surface area contributed by atoms with E-state index in [1.54, 1.807) is 23.7 Å². The van der Waals surface area contributed by atoms with Gasteiger partial charge in [-0.2, -0.15) is 5.10 Å². The number of rotatable bonds is 6. The first-order valence-electron chi connectivity index (χ1n) is 8.21. The molecular formula is C19H25FN4O. The average molecular weight is 344 g/mol. The minimum absolute atomic E-state index is 0.0195. The maximum Gasteiger partial charge on any atom is 0.253 e. The van der Waals surface area contributed by atoms with Crippen LogP contribution in [0.4, 0.5) is 4.39 Å². The van der Waals surface area contributed by atoms with E-state index in [0.29, 0.717) is 12.0 Å².